The minimum atomic E-state index is -4.02. The summed E-state index contributed by atoms with van der Waals surface area (Å²) >= 11 is 1.99. The Labute approximate surface area is 174 Å². The van der Waals surface area contributed by atoms with Gasteiger partial charge in [-0.3, -0.25) is 9.82 Å². The van der Waals surface area contributed by atoms with E-state index >= 15 is 0 Å². The largest absolute Gasteiger partial charge is 0.494 e. The van der Waals surface area contributed by atoms with E-state index in [1.165, 1.54) is 19.4 Å². The summed E-state index contributed by atoms with van der Waals surface area (Å²) in [6, 6.07) is 6.18. The molecule has 0 saturated carbocycles. The smallest absolute Gasteiger partial charge is 0.299 e. The van der Waals surface area contributed by atoms with Gasteiger partial charge in [0.25, 0.3) is 10.2 Å². The number of nitrogens with zero attached hydrogens (tertiary/aromatic N) is 1. The standard InChI is InChI=1S/C16H17FIN5O4S/c1-27-14-7-13-10(8-19-22-13)15(16(14)23-28(25,26)20-4-5-24)21-12-3-2-9(18)6-11(12)17/h2-3,6-8,20-21,23-24H,4-5H2,1H3,(H,19,22). The number of hydrogen-bond acceptors (Lipinski definition) is 6. The molecule has 3 rings (SSSR count). The molecule has 0 fully saturated rings. The number of methoxy groups -OCH3 is 1. The molecule has 0 spiro atoms. The predicted molar refractivity (Wildman–Crippen MR) is 113 cm³/mol. The van der Waals surface area contributed by atoms with Gasteiger partial charge in [0, 0.05) is 21.6 Å². The minimum absolute atomic E-state index is 0.0692. The molecular formula is C16H17FIN5O4S. The van der Waals surface area contributed by atoms with Crippen molar-refractivity contribution < 1.29 is 22.7 Å². The van der Waals surface area contributed by atoms with Gasteiger partial charge in [-0.2, -0.15) is 18.2 Å². The molecule has 150 valence electrons. The second-order valence-electron chi connectivity index (χ2n) is 5.63. The fourth-order valence-electron chi connectivity index (χ4n) is 2.53. The zero-order chi connectivity index (χ0) is 20.3. The van der Waals surface area contributed by atoms with Gasteiger partial charge in [0.1, 0.15) is 17.3 Å². The van der Waals surface area contributed by atoms with Crippen molar-refractivity contribution >= 4 is 60.8 Å². The van der Waals surface area contributed by atoms with E-state index in [1.54, 1.807) is 18.2 Å². The number of aromatic amines is 1. The lowest BCUT2D eigenvalue weighted by Crippen LogP contribution is -2.32. The molecule has 0 aliphatic carbocycles. The van der Waals surface area contributed by atoms with E-state index in [0.717, 1.165) is 0 Å². The summed E-state index contributed by atoms with van der Waals surface area (Å²) in [5.74, 6) is -0.307. The summed E-state index contributed by atoms with van der Waals surface area (Å²) in [5, 5.41) is 19.1. The molecule has 0 atom stereocenters. The normalized spacial score (nSPS) is 11.6. The number of rotatable bonds is 8. The van der Waals surface area contributed by atoms with Gasteiger partial charge < -0.3 is 15.2 Å². The number of H-pyrrole nitrogens is 1. The van der Waals surface area contributed by atoms with Crippen molar-refractivity contribution in [1.82, 2.24) is 14.9 Å². The Morgan fingerprint density at radius 1 is 1.32 bits per heavy atom. The monoisotopic (exact) mass is 521 g/mol. The Morgan fingerprint density at radius 3 is 2.79 bits per heavy atom. The van der Waals surface area contributed by atoms with Gasteiger partial charge >= 0.3 is 0 Å². The third kappa shape index (κ3) is 4.45. The Morgan fingerprint density at radius 2 is 2.11 bits per heavy atom. The van der Waals surface area contributed by atoms with Gasteiger partial charge in [0.05, 0.1) is 36.8 Å². The summed E-state index contributed by atoms with van der Waals surface area (Å²) in [4.78, 5) is 0. The van der Waals surface area contributed by atoms with E-state index in [1.807, 2.05) is 22.6 Å². The van der Waals surface area contributed by atoms with Gasteiger partial charge in [-0.15, -0.1) is 0 Å². The average Bonchev–Trinajstić information content (AvgIpc) is 3.11. The quantitative estimate of drug-likeness (QED) is 0.290. The summed E-state index contributed by atoms with van der Waals surface area (Å²) < 4.78 is 49.6. The first-order chi connectivity index (χ1) is 13.3. The topological polar surface area (TPSA) is 128 Å². The number of benzene rings is 2. The summed E-state index contributed by atoms with van der Waals surface area (Å²) in [5.41, 5.74) is 1.05. The Kier molecular flexibility index (Phi) is 6.22. The van der Waals surface area contributed by atoms with Crippen LogP contribution in [0.25, 0.3) is 10.9 Å². The maximum Gasteiger partial charge on any atom is 0.299 e. The van der Waals surface area contributed by atoms with Gasteiger partial charge in [-0.25, -0.2) is 4.39 Å². The van der Waals surface area contributed by atoms with E-state index in [9.17, 15) is 12.8 Å². The van der Waals surface area contributed by atoms with Gasteiger partial charge in [-0.05, 0) is 40.8 Å². The van der Waals surface area contributed by atoms with Crippen LogP contribution in [-0.4, -0.2) is 44.0 Å². The first kappa shape index (κ1) is 20.6. The lowest BCUT2D eigenvalue weighted by Gasteiger charge is -2.18. The number of anilines is 3. The number of ether oxygens (including phenoxy) is 1. The van der Waals surface area contributed by atoms with Crippen molar-refractivity contribution in [2.75, 3.05) is 30.3 Å². The molecule has 0 saturated heterocycles. The maximum absolute atomic E-state index is 14.4. The molecule has 0 aliphatic heterocycles. The number of aliphatic hydroxyl groups is 1. The second kappa shape index (κ2) is 8.46. The number of nitrogens with one attached hydrogen (secondary N) is 4. The van der Waals surface area contributed by atoms with E-state index in [4.69, 9.17) is 9.84 Å². The molecule has 3 aromatic rings. The fourth-order valence-corrected chi connectivity index (χ4v) is 3.89. The second-order valence-corrected chi connectivity index (χ2v) is 8.38. The molecule has 0 bridgehead atoms. The van der Waals surface area contributed by atoms with Crippen LogP contribution >= 0.6 is 22.6 Å². The minimum Gasteiger partial charge on any atom is -0.494 e. The highest BCUT2D eigenvalue weighted by Crippen LogP contribution is 2.41. The number of halogens is 2. The van der Waals surface area contributed by atoms with Crippen LogP contribution in [0.2, 0.25) is 0 Å². The molecule has 2 aromatic carbocycles. The number of hydrogen-bond donors (Lipinski definition) is 5. The molecule has 5 N–H and O–H groups in total. The highest BCUT2D eigenvalue weighted by molar-refractivity contribution is 14.1. The van der Waals surface area contributed by atoms with Crippen molar-refractivity contribution in [3.05, 3.63) is 39.8 Å². The zero-order valence-corrected chi connectivity index (χ0v) is 17.6. The van der Waals surface area contributed by atoms with Crippen molar-refractivity contribution in [3.63, 3.8) is 0 Å². The first-order valence-corrected chi connectivity index (χ1v) is 10.5. The molecule has 12 heteroatoms. The summed E-state index contributed by atoms with van der Waals surface area (Å²) in [6.07, 6.45) is 1.49. The van der Waals surface area contributed by atoms with Crippen LogP contribution in [0.15, 0.2) is 30.5 Å². The van der Waals surface area contributed by atoms with Crippen molar-refractivity contribution in [2.24, 2.45) is 0 Å². The van der Waals surface area contributed by atoms with E-state index in [2.05, 4.69) is 25.0 Å². The number of aliphatic hydroxyl groups excluding tert-OH is 1. The molecule has 1 aromatic heterocycles. The average molecular weight is 521 g/mol. The van der Waals surface area contributed by atoms with E-state index < -0.39 is 16.0 Å². The van der Waals surface area contributed by atoms with Crippen LogP contribution in [0, 0.1) is 9.39 Å². The van der Waals surface area contributed by atoms with Crippen LogP contribution in [0.4, 0.5) is 21.5 Å². The lowest BCUT2D eigenvalue weighted by molar-refractivity contribution is 0.301. The predicted octanol–water partition coefficient (Wildman–Crippen LogP) is 2.30. The Hall–Kier alpha value is -2.16. The highest BCUT2D eigenvalue weighted by atomic mass is 127. The van der Waals surface area contributed by atoms with Gasteiger partial charge in [0.15, 0.2) is 0 Å². The van der Waals surface area contributed by atoms with Gasteiger partial charge in [-0.1, -0.05) is 0 Å². The highest BCUT2D eigenvalue weighted by Gasteiger charge is 2.21. The first-order valence-electron chi connectivity index (χ1n) is 7.99. The van der Waals surface area contributed by atoms with Crippen LogP contribution < -0.4 is 19.5 Å². The summed E-state index contributed by atoms with van der Waals surface area (Å²) in [7, 11) is -2.64. The van der Waals surface area contributed by atoms with Crippen molar-refractivity contribution in [1.29, 1.82) is 0 Å². The number of aromatic nitrogens is 2. The van der Waals surface area contributed by atoms with E-state index in [0.29, 0.717) is 14.5 Å². The van der Waals surface area contributed by atoms with Crippen LogP contribution in [0.1, 0.15) is 0 Å². The van der Waals surface area contributed by atoms with Crippen LogP contribution in [0.5, 0.6) is 5.75 Å². The molecule has 0 amide bonds. The fraction of sp³-hybridized carbons (Fsp3) is 0.188. The van der Waals surface area contributed by atoms with Crippen molar-refractivity contribution in [2.45, 2.75) is 0 Å². The zero-order valence-electron chi connectivity index (χ0n) is 14.6. The maximum atomic E-state index is 14.4. The molecule has 1 heterocycles. The lowest BCUT2D eigenvalue weighted by atomic mass is 10.1. The molecule has 28 heavy (non-hydrogen) atoms. The molecule has 0 unspecified atom stereocenters. The van der Waals surface area contributed by atoms with Gasteiger partial charge in [0.2, 0.25) is 0 Å². The number of fused-ring (bicyclic) bond motifs is 1. The summed E-state index contributed by atoms with van der Waals surface area (Å²) in [6.45, 7) is -0.530. The van der Waals surface area contributed by atoms with Crippen molar-refractivity contribution in [3.8, 4) is 5.75 Å². The van der Waals surface area contributed by atoms with Crippen LogP contribution in [-0.2, 0) is 10.2 Å². The van der Waals surface area contributed by atoms with Crippen LogP contribution in [0.3, 0.4) is 0 Å². The molecule has 0 aliphatic rings. The Balaban J connectivity index is 2.14. The molecule has 9 nitrogen and oxygen atoms in total. The Bertz CT molecular complexity index is 1110. The SMILES string of the molecule is COc1cc2[nH]ncc2c(Nc2ccc(I)cc2F)c1NS(=O)(=O)NCCO. The molecule has 0 radical (unpaired) electrons. The molecular weight excluding hydrogens is 504 g/mol. The van der Waals surface area contributed by atoms with E-state index in [-0.39, 0.29) is 36.0 Å². The third-order valence-electron chi connectivity index (χ3n) is 3.76. The third-order valence-corrected chi connectivity index (χ3v) is 5.49.